The van der Waals surface area contributed by atoms with Crippen molar-refractivity contribution in [3.05, 3.63) is 24.0 Å². The maximum absolute atomic E-state index is 12.4. The zero-order valence-electron chi connectivity index (χ0n) is 12.5. The molecule has 1 aromatic heterocycles. The van der Waals surface area contributed by atoms with Gasteiger partial charge in [0.05, 0.1) is 11.3 Å². The van der Waals surface area contributed by atoms with Crippen LogP contribution in [-0.4, -0.2) is 23.5 Å². The summed E-state index contributed by atoms with van der Waals surface area (Å²) in [6.07, 6.45) is 8.99. The lowest BCUT2D eigenvalue weighted by atomic mass is 9.87. The molecule has 1 fully saturated rings. The zero-order chi connectivity index (χ0) is 14.4. The Labute approximate surface area is 121 Å². The fourth-order valence-electron chi connectivity index (χ4n) is 2.66. The van der Waals surface area contributed by atoms with Gasteiger partial charge < -0.3 is 10.6 Å². The van der Waals surface area contributed by atoms with Crippen LogP contribution >= 0.6 is 0 Å². The van der Waals surface area contributed by atoms with Crippen LogP contribution < -0.4 is 10.6 Å². The maximum atomic E-state index is 12.4. The van der Waals surface area contributed by atoms with Crippen LogP contribution in [0.3, 0.4) is 0 Å². The lowest BCUT2D eigenvalue weighted by molar-refractivity contribution is 0.0923. The van der Waals surface area contributed by atoms with E-state index in [1.165, 1.54) is 12.8 Å². The summed E-state index contributed by atoms with van der Waals surface area (Å²) in [6.45, 7) is 5.26. The second-order valence-corrected chi connectivity index (χ2v) is 5.78. The van der Waals surface area contributed by atoms with Crippen LogP contribution in [0, 0.1) is 5.92 Å². The van der Waals surface area contributed by atoms with Crippen LogP contribution in [-0.2, 0) is 0 Å². The summed E-state index contributed by atoms with van der Waals surface area (Å²) in [5.41, 5.74) is 1.53. The molecule has 0 atom stereocenters. The van der Waals surface area contributed by atoms with Gasteiger partial charge in [0.25, 0.3) is 5.91 Å². The molecule has 1 amide bonds. The van der Waals surface area contributed by atoms with Crippen LogP contribution in [0.1, 0.15) is 56.3 Å². The van der Waals surface area contributed by atoms with Crippen molar-refractivity contribution in [1.29, 1.82) is 0 Å². The van der Waals surface area contributed by atoms with Gasteiger partial charge in [0.1, 0.15) is 0 Å². The normalized spacial score (nSPS) is 22.3. The van der Waals surface area contributed by atoms with Crippen molar-refractivity contribution in [2.24, 2.45) is 5.92 Å². The summed E-state index contributed by atoms with van der Waals surface area (Å²) in [7, 11) is 0. The molecule has 4 nitrogen and oxygen atoms in total. The lowest BCUT2D eigenvalue weighted by Gasteiger charge is -2.27. The second kappa shape index (κ2) is 7.27. The fraction of sp³-hybridized carbons (Fsp3) is 0.625. The molecule has 1 aromatic rings. The van der Waals surface area contributed by atoms with E-state index >= 15 is 0 Å². The number of amides is 1. The Bertz CT molecular complexity index is 439. The van der Waals surface area contributed by atoms with Gasteiger partial charge in [0, 0.05) is 25.0 Å². The number of carbonyl (C=O) groups is 1. The van der Waals surface area contributed by atoms with Crippen molar-refractivity contribution < 1.29 is 4.79 Å². The summed E-state index contributed by atoms with van der Waals surface area (Å²) in [4.78, 5) is 16.5. The van der Waals surface area contributed by atoms with Gasteiger partial charge in [-0.25, -0.2) is 0 Å². The third kappa shape index (κ3) is 3.95. The molecule has 2 rings (SSSR count). The molecule has 0 unspecified atom stereocenters. The molecular formula is C16H25N3O. The molecule has 0 radical (unpaired) electrons. The van der Waals surface area contributed by atoms with Crippen LogP contribution in [0.5, 0.6) is 0 Å². The molecule has 0 aromatic carbocycles. The largest absolute Gasteiger partial charge is 0.384 e. The first-order valence-electron chi connectivity index (χ1n) is 7.69. The standard InChI is InChI=1S/C16H25N3O/c1-3-9-18-15-8-10-17-11-14(15)16(20)19-13-6-4-12(2)5-7-13/h8,10-13H,3-7,9H2,1-2H3,(H,17,18)(H,19,20). The highest BCUT2D eigenvalue weighted by atomic mass is 16.1. The molecule has 1 saturated carbocycles. The van der Waals surface area contributed by atoms with Crippen LogP contribution in [0.15, 0.2) is 18.5 Å². The Morgan fingerprint density at radius 1 is 1.35 bits per heavy atom. The Kier molecular flexibility index (Phi) is 5.39. The third-order valence-corrected chi connectivity index (χ3v) is 3.98. The number of nitrogens with one attached hydrogen (secondary N) is 2. The molecule has 0 spiro atoms. The number of rotatable bonds is 5. The third-order valence-electron chi connectivity index (χ3n) is 3.98. The maximum Gasteiger partial charge on any atom is 0.255 e. The molecule has 110 valence electrons. The van der Waals surface area contributed by atoms with Crippen molar-refractivity contribution in [2.45, 2.75) is 52.0 Å². The van der Waals surface area contributed by atoms with Crippen molar-refractivity contribution in [2.75, 3.05) is 11.9 Å². The first-order valence-corrected chi connectivity index (χ1v) is 7.69. The number of carbonyl (C=O) groups excluding carboxylic acids is 1. The first kappa shape index (κ1) is 14.8. The van der Waals surface area contributed by atoms with Gasteiger partial charge in [0.15, 0.2) is 0 Å². The Hall–Kier alpha value is -1.58. The average molecular weight is 275 g/mol. The van der Waals surface area contributed by atoms with Gasteiger partial charge in [-0.1, -0.05) is 13.8 Å². The van der Waals surface area contributed by atoms with E-state index in [0.29, 0.717) is 11.6 Å². The molecule has 20 heavy (non-hydrogen) atoms. The highest BCUT2D eigenvalue weighted by molar-refractivity contribution is 5.99. The van der Waals surface area contributed by atoms with Crippen molar-refractivity contribution in [3.8, 4) is 0 Å². The predicted molar refractivity (Wildman–Crippen MR) is 81.9 cm³/mol. The van der Waals surface area contributed by atoms with Crippen LogP contribution in [0.25, 0.3) is 0 Å². The molecule has 0 bridgehead atoms. The number of pyridine rings is 1. The van der Waals surface area contributed by atoms with Gasteiger partial charge in [-0.05, 0) is 44.1 Å². The van der Waals surface area contributed by atoms with E-state index in [9.17, 15) is 4.79 Å². The smallest absolute Gasteiger partial charge is 0.255 e. The van der Waals surface area contributed by atoms with Crippen LogP contribution in [0.2, 0.25) is 0 Å². The Morgan fingerprint density at radius 3 is 2.80 bits per heavy atom. The van der Waals surface area contributed by atoms with Gasteiger partial charge >= 0.3 is 0 Å². The second-order valence-electron chi connectivity index (χ2n) is 5.78. The number of hydrogen-bond donors (Lipinski definition) is 2. The van der Waals surface area contributed by atoms with Gasteiger partial charge in [-0.3, -0.25) is 9.78 Å². The van der Waals surface area contributed by atoms with E-state index in [1.54, 1.807) is 12.4 Å². The molecule has 1 heterocycles. The summed E-state index contributed by atoms with van der Waals surface area (Å²) >= 11 is 0. The van der Waals surface area contributed by atoms with Crippen molar-refractivity contribution in [3.63, 3.8) is 0 Å². The fourth-order valence-corrected chi connectivity index (χ4v) is 2.66. The summed E-state index contributed by atoms with van der Waals surface area (Å²) in [6, 6.07) is 2.19. The first-order chi connectivity index (χ1) is 9.70. The molecule has 0 aliphatic heterocycles. The van der Waals surface area contributed by atoms with Gasteiger partial charge in [-0.15, -0.1) is 0 Å². The molecule has 1 aliphatic carbocycles. The highest BCUT2D eigenvalue weighted by Gasteiger charge is 2.21. The topological polar surface area (TPSA) is 54.0 Å². The lowest BCUT2D eigenvalue weighted by Crippen LogP contribution is -2.37. The predicted octanol–water partition coefficient (Wildman–Crippen LogP) is 3.21. The Morgan fingerprint density at radius 2 is 2.10 bits per heavy atom. The Balaban J connectivity index is 1.98. The number of nitrogens with zero attached hydrogens (tertiary/aromatic N) is 1. The van der Waals surface area contributed by atoms with E-state index in [1.807, 2.05) is 6.07 Å². The quantitative estimate of drug-likeness (QED) is 0.867. The molecule has 4 heteroatoms. The van der Waals surface area contributed by atoms with Gasteiger partial charge in [0.2, 0.25) is 0 Å². The monoisotopic (exact) mass is 275 g/mol. The average Bonchev–Trinajstić information content (AvgIpc) is 2.47. The van der Waals surface area contributed by atoms with E-state index < -0.39 is 0 Å². The van der Waals surface area contributed by atoms with E-state index in [0.717, 1.165) is 37.4 Å². The van der Waals surface area contributed by atoms with E-state index in [-0.39, 0.29) is 5.91 Å². The van der Waals surface area contributed by atoms with Crippen LogP contribution in [0.4, 0.5) is 5.69 Å². The summed E-state index contributed by atoms with van der Waals surface area (Å²) in [5.74, 6) is 0.791. The summed E-state index contributed by atoms with van der Waals surface area (Å²) < 4.78 is 0. The number of hydrogen-bond acceptors (Lipinski definition) is 3. The van der Waals surface area contributed by atoms with E-state index in [4.69, 9.17) is 0 Å². The minimum absolute atomic E-state index is 0.00347. The zero-order valence-corrected chi connectivity index (χ0v) is 12.5. The molecule has 0 saturated heterocycles. The molecule has 1 aliphatic rings. The number of anilines is 1. The highest BCUT2D eigenvalue weighted by Crippen LogP contribution is 2.24. The van der Waals surface area contributed by atoms with Gasteiger partial charge in [-0.2, -0.15) is 0 Å². The van der Waals surface area contributed by atoms with Crippen molar-refractivity contribution in [1.82, 2.24) is 10.3 Å². The number of aromatic nitrogens is 1. The minimum atomic E-state index is -0.00347. The molecular weight excluding hydrogens is 250 g/mol. The molecule has 2 N–H and O–H groups in total. The summed E-state index contributed by atoms with van der Waals surface area (Å²) in [5, 5.41) is 6.44. The van der Waals surface area contributed by atoms with Crippen molar-refractivity contribution >= 4 is 11.6 Å². The minimum Gasteiger partial charge on any atom is -0.384 e. The van der Waals surface area contributed by atoms with E-state index in [2.05, 4.69) is 29.5 Å². The SMILES string of the molecule is CCCNc1ccncc1C(=O)NC1CCC(C)CC1.